The third-order valence-corrected chi connectivity index (χ3v) is 5.75. The third-order valence-electron chi connectivity index (χ3n) is 5.49. The monoisotopic (exact) mass is 423 g/mol. The second-order valence-corrected chi connectivity index (χ2v) is 7.96. The molecule has 0 bridgehead atoms. The van der Waals surface area contributed by atoms with Crippen LogP contribution in [0, 0.1) is 13.8 Å². The van der Waals surface area contributed by atoms with Crippen molar-refractivity contribution in [2.24, 2.45) is 0 Å². The van der Waals surface area contributed by atoms with Crippen LogP contribution in [-0.2, 0) is 6.54 Å². The molecule has 0 aliphatic carbocycles. The van der Waals surface area contributed by atoms with Crippen molar-refractivity contribution in [3.05, 3.63) is 76.6 Å². The van der Waals surface area contributed by atoms with Crippen LogP contribution in [0.2, 0.25) is 5.02 Å². The lowest BCUT2D eigenvalue weighted by Gasteiger charge is -2.36. The lowest BCUT2D eigenvalue weighted by Crippen LogP contribution is -2.52. The van der Waals surface area contributed by atoms with Gasteiger partial charge < -0.3 is 15.1 Å². The van der Waals surface area contributed by atoms with Gasteiger partial charge in [-0.2, -0.15) is 5.10 Å². The van der Waals surface area contributed by atoms with Crippen molar-refractivity contribution in [2.75, 3.05) is 31.1 Å². The topological polar surface area (TPSA) is 53.4 Å². The minimum atomic E-state index is -0.0296. The molecule has 0 saturated carbocycles. The second kappa shape index (κ2) is 8.79. The van der Waals surface area contributed by atoms with E-state index in [1.54, 1.807) is 0 Å². The van der Waals surface area contributed by atoms with Gasteiger partial charge in [-0.3, -0.25) is 0 Å². The Balaban J connectivity index is 1.37. The van der Waals surface area contributed by atoms with Crippen LogP contribution in [0.5, 0.6) is 0 Å². The van der Waals surface area contributed by atoms with E-state index < -0.39 is 0 Å². The van der Waals surface area contributed by atoms with Gasteiger partial charge in [0.25, 0.3) is 0 Å². The van der Waals surface area contributed by atoms with Crippen LogP contribution in [0.4, 0.5) is 10.5 Å². The minimum Gasteiger partial charge on any atom is -0.365 e. The molecule has 1 aliphatic rings. The van der Waals surface area contributed by atoms with Gasteiger partial charge in [-0.25, -0.2) is 9.48 Å². The molecule has 30 heavy (non-hydrogen) atoms. The molecule has 2 heterocycles. The molecule has 1 saturated heterocycles. The van der Waals surface area contributed by atoms with E-state index in [0.717, 1.165) is 35.7 Å². The van der Waals surface area contributed by atoms with Crippen LogP contribution >= 0.6 is 11.6 Å². The van der Waals surface area contributed by atoms with E-state index in [4.69, 9.17) is 16.7 Å². The predicted octanol–water partition coefficient (Wildman–Crippen LogP) is 4.17. The molecule has 2 amide bonds. The average molecular weight is 424 g/mol. The molecule has 6 nitrogen and oxygen atoms in total. The van der Waals surface area contributed by atoms with Gasteiger partial charge in [0.05, 0.1) is 22.8 Å². The molecule has 0 radical (unpaired) electrons. The first kappa shape index (κ1) is 20.3. The maximum atomic E-state index is 12.6. The number of anilines is 1. The zero-order valence-corrected chi connectivity index (χ0v) is 18.1. The van der Waals surface area contributed by atoms with Gasteiger partial charge in [0.1, 0.15) is 0 Å². The highest BCUT2D eigenvalue weighted by molar-refractivity contribution is 6.30. The second-order valence-electron chi connectivity index (χ2n) is 7.53. The highest BCUT2D eigenvalue weighted by Gasteiger charge is 2.25. The van der Waals surface area contributed by atoms with Crippen molar-refractivity contribution in [2.45, 2.75) is 20.4 Å². The van der Waals surface area contributed by atoms with Gasteiger partial charge in [0.15, 0.2) is 0 Å². The molecule has 3 aromatic rings. The number of amides is 2. The van der Waals surface area contributed by atoms with Gasteiger partial charge >= 0.3 is 6.03 Å². The van der Waals surface area contributed by atoms with Crippen LogP contribution in [0.3, 0.4) is 0 Å². The summed E-state index contributed by atoms with van der Waals surface area (Å²) < 4.78 is 2.00. The number of rotatable bonds is 4. The number of para-hydroxylation sites is 1. The van der Waals surface area contributed by atoms with Crippen LogP contribution in [0.15, 0.2) is 54.6 Å². The summed E-state index contributed by atoms with van der Waals surface area (Å²) >= 11 is 5.91. The number of carbonyl (C=O) groups is 1. The maximum Gasteiger partial charge on any atom is 0.317 e. The molecule has 0 atom stereocenters. The van der Waals surface area contributed by atoms with E-state index in [0.29, 0.717) is 24.7 Å². The van der Waals surface area contributed by atoms with Crippen LogP contribution in [-0.4, -0.2) is 46.9 Å². The fourth-order valence-corrected chi connectivity index (χ4v) is 4.06. The van der Waals surface area contributed by atoms with E-state index >= 15 is 0 Å². The lowest BCUT2D eigenvalue weighted by molar-refractivity contribution is 0.194. The van der Waals surface area contributed by atoms with Crippen LogP contribution in [0.1, 0.15) is 17.0 Å². The third kappa shape index (κ3) is 4.28. The zero-order valence-electron chi connectivity index (χ0n) is 17.3. The number of hydrogen-bond acceptors (Lipinski definition) is 3. The van der Waals surface area contributed by atoms with E-state index in [9.17, 15) is 4.79 Å². The Morgan fingerprint density at radius 1 is 1.00 bits per heavy atom. The summed E-state index contributed by atoms with van der Waals surface area (Å²) in [7, 11) is 0. The molecule has 1 fully saturated rings. The van der Waals surface area contributed by atoms with Crippen LogP contribution in [0.25, 0.3) is 5.69 Å². The number of halogens is 1. The van der Waals surface area contributed by atoms with Crippen molar-refractivity contribution in [3.63, 3.8) is 0 Å². The number of hydrogen-bond donors (Lipinski definition) is 1. The molecule has 7 heteroatoms. The molecular weight excluding hydrogens is 398 g/mol. The molecule has 1 aromatic heterocycles. The number of nitrogens with one attached hydrogen (secondary N) is 1. The number of piperazine rings is 1. The Bertz CT molecular complexity index is 1010. The summed E-state index contributed by atoms with van der Waals surface area (Å²) in [4.78, 5) is 16.8. The molecular formula is C23H26ClN5O. The Hall–Kier alpha value is -2.99. The van der Waals surface area contributed by atoms with Crippen molar-refractivity contribution < 1.29 is 4.79 Å². The van der Waals surface area contributed by atoms with E-state index in [2.05, 4.69) is 29.3 Å². The molecule has 4 rings (SSSR count). The first-order valence-electron chi connectivity index (χ1n) is 10.2. The summed E-state index contributed by atoms with van der Waals surface area (Å²) in [6.45, 7) is 7.59. The first-order valence-corrected chi connectivity index (χ1v) is 10.5. The number of benzene rings is 2. The zero-order chi connectivity index (χ0) is 21.1. The van der Waals surface area contributed by atoms with E-state index in [-0.39, 0.29) is 6.03 Å². The summed E-state index contributed by atoms with van der Waals surface area (Å²) in [6, 6.07) is 17.7. The summed E-state index contributed by atoms with van der Waals surface area (Å²) in [5, 5.41) is 8.45. The smallest absolute Gasteiger partial charge is 0.317 e. The summed E-state index contributed by atoms with van der Waals surface area (Å²) in [6.07, 6.45) is 0. The predicted molar refractivity (Wildman–Crippen MR) is 121 cm³/mol. The largest absolute Gasteiger partial charge is 0.365 e. The molecule has 0 spiro atoms. The normalized spacial score (nSPS) is 14.1. The lowest BCUT2D eigenvalue weighted by atomic mass is 10.2. The maximum absolute atomic E-state index is 12.6. The number of nitrogens with zero attached hydrogens (tertiary/aromatic N) is 4. The van der Waals surface area contributed by atoms with Gasteiger partial charge in [-0.05, 0) is 43.7 Å². The van der Waals surface area contributed by atoms with E-state index in [1.165, 1.54) is 5.69 Å². The average Bonchev–Trinajstić information content (AvgIpc) is 3.08. The molecule has 2 aromatic carbocycles. The summed E-state index contributed by atoms with van der Waals surface area (Å²) in [5.74, 6) is 0. The van der Waals surface area contributed by atoms with Gasteiger partial charge in [-0.15, -0.1) is 0 Å². The van der Waals surface area contributed by atoms with Crippen molar-refractivity contribution in [1.29, 1.82) is 0 Å². The highest BCUT2D eigenvalue weighted by atomic mass is 35.5. The highest BCUT2D eigenvalue weighted by Crippen LogP contribution is 2.27. The SMILES string of the molecule is Cc1nn(-c2ccccc2)c(C)c1N1CCN(C(=O)NCc2ccc(Cl)cc2)CC1. The Labute approximate surface area is 182 Å². The fourth-order valence-electron chi connectivity index (χ4n) is 3.94. The Morgan fingerprint density at radius 3 is 2.33 bits per heavy atom. The van der Waals surface area contributed by atoms with Crippen molar-refractivity contribution in [3.8, 4) is 5.69 Å². The standard InChI is InChI=1S/C23H26ClN5O/c1-17-22(18(2)29(26-17)21-6-4-3-5-7-21)27-12-14-28(15-13-27)23(30)25-16-19-8-10-20(24)11-9-19/h3-11H,12-16H2,1-2H3,(H,25,30). The molecule has 1 aliphatic heterocycles. The molecule has 156 valence electrons. The number of aromatic nitrogens is 2. The minimum absolute atomic E-state index is 0.0296. The summed E-state index contributed by atoms with van der Waals surface area (Å²) in [5.41, 5.74) is 5.40. The van der Waals surface area contributed by atoms with Crippen molar-refractivity contribution in [1.82, 2.24) is 20.0 Å². The first-order chi connectivity index (χ1) is 14.5. The van der Waals surface area contributed by atoms with Gasteiger partial charge in [-0.1, -0.05) is 41.9 Å². The van der Waals surface area contributed by atoms with Crippen molar-refractivity contribution >= 4 is 23.3 Å². The number of carbonyl (C=O) groups excluding carboxylic acids is 1. The van der Waals surface area contributed by atoms with Gasteiger partial charge in [0, 0.05) is 37.7 Å². The van der Waals surface area contributed by atoms with Crippen LogP contribution < -0.4 is 10.2 Å². The molecule has 0 unspecified atom stereocenters. The Kier molecular flexibility index (Phi) is 5.95. The van der Waals surface area contributed by atoms with E-state index in [1.807, 2.05) is 59.0 Å². The number of urea groups is 1. The number of aryl methyl sites for hydroxylation is 1. The fraction of sp³-hybridized carbons (Fsp3) is 0.304. The quantitative estimate of drug-likeness (QED) is 0.685. The Morgan fingerprint density at radius 2 is 1.67 bits per heavy atom. The van der Waals surface area contributed by atoms with Gasteiger partial charge in [0.2, 0.25) is 0 Å². The molecule has 1 N–H and O–H groups in total.